The highest BCUT2D eigenvalue weighted by Gasteiger charge is 2.01. The van der Waals surface area contributed by atoms with Gasteiger partial charge in [-0.15, -0.1) is 11.3 Å². The van der Waals surface area contributed by atoms with E-state index in [1.807, 2.05) is 11.4 Å². The van der Waals surface area contributed by atoms with Gasteiger partial charge < -0.3 is 0 Å². The smallest absolute Gasteiger partial charge is 0.267 e. The van der Waals surface area contributed by atoms with Gasteiger partial charge in [-0.25, -0.2) is 10.4 Å². The Bertz CT molecular complexity index is 479. The number of hydrogen-bond acceptors (Lipinski definition) is 4. The molecule has 80 valence electrons. The summed E-state index contributed by atoms with van der Waals surface area (Å²) in [4.78, 5) is 15.5. The molecule has 5 heteroatoms. The zero-order valence-electron chi connectivity index (χ0n) is 8.33. The molecule has 0 atom stereocenters. The SMILES string of the molecule is O=C(NN=Cc1cscn1)c1ccccc1. The van der Waals surface area contributed by atoms with Gasteiger partial charge in [-0.2, -0.15) is 5.10 Å². The van der Waals surface area contributed by atoms with Crippen molar-refractivity contribution in [3.63, 3.8) is 0 Å². The Morgan fingerprint density at radius 3 is 2.88 bits per heavy atom. The lowest BCUT2D eigenvalue weighted by atomic mass is 10.2. The summed E-state index contributed by atoms with van der Waals surface area (Å²) < 4.78 is 0. The first kappa shape index (κ1) is 10.5. The van der Waals surface area contributed by atoms with Crippen molar-refractivity contribution in [3.8, 4) is 0 Å². The molecule has 0 aliphatic heterocycles. The summed E-state index contributed by atoms with van der Waals surface area (Å²) in [5.41, 5.74) is 5.46. The lowest BCUT2D eigenvalue weighted by Gasteiger charge is -1.97. The lowest BCUT2D eigenvalue weighted by Crippen LogP contribution is -2.17. The number of carbonyl (C=O) groups excluding carboxylic acids is 1. The Balaban J connectivity index is 1.94. The van der Waals surface area contributed by atoms with Gasteiger partial charge >= 0.3 is 0 Å². The van der Waals surface area contributed by atoms with Crippen molar-refractivity contribution < 1.29 is 4.79 Å². The standard InChI is InChI=1S/C11H9N3OS/c15-11(9-4-2-1-3-5-9)14-13-6-10-7-16-8-12-10/h1-8H,(H,14,15). The van der Waals surface area contributed by atoms with Crippen LogP contribution in [0.15, 0.2) is 46.3 Å². The van der Waals surface area contributed by atoms with Gasteiger partial charge in [0.1, 0.15) is 0 Å². The van der Waals surface area contributed by atoms with Crippen LogP contribution in [0.2, 0.25) is 0 Å². The van der Waals surface area contributed by atoms with Gasteiger partial charge in [-0.3, -0.25) is 4.79 Å². The van der Waals surface area contributed by atoms with E-state index >= 15 is 0 Å². The van der Waals surface area contributed by atoms with Crippen molar-refractivity contribution in [3.05, 3.63) is 52.5 Å². The van der Waals surface area contributed by atoms with Gasteiger partial charge in [-0.05, 0) is 12.1 Å². The summed E-state index contributed by atoms with van der Waals surface area (Å²) in [6, 6.07) is 8.93. The van der Waals surface area contributed by atoms with Gasteiger partial charge in [0.2, 0.25) is 0 Å². The minimum absolute atomic E-state index is 0.230. The second-order valence-electron chi connectivity index (χ2n) is 2.98. The van der Waals surface area contributed by atoms with Crippen molar-refractivity contribution in [1.82, 2.24) is 10.4 Å². The number of rotatable bonds is 3. The maximum atomic E-state index is 11.5. The normalized spacial score (nSPS) is 10.5. The van der Waals surface area contributed by atoms with E-state index in [0.717, 1.165) is 5.69 Å². The van der Waals surface area contributed by atoms with E-state index in [9.17, 15) is 4.79 Å². The number of aromatic nitrogens is 1. The Morgan fingerprint density at radius 2 is 2.19 bits per heavy atom. The number of amides is 1. The first-order valence-electron chi connectivity index (χ1n) is 4.63. The third-order valence-corrected chi connectivity index (χ3v) is 2.46. The molecule has 0 saturated carbocycles. The minimum atomic E-state index is -0.230. The summed E-state index contributed by atoms with van der Waals surface area (Å²) in [6.45, 7) is 0. The molecule has 0 bridgehead atoms. The minimum Gasteiger partial charge on any atom is -0.267 e. The van der Waals surface area contributed by atoms with E-state index in [-0.39, 0.29) is 5.91 Å². The van der Waals surface area contributed by atoms with Gasteiger partial charge in [0.25, 0.3) is 5.91 Å². The zero-order chi connectivity index (χ0) is 11.2. The number of benzene rings is 1. The van der Waals surface area contributed by atoms with E-state index in [4.69, 9.17) is 0 Å². The summed E-state index contributed by atoms with van der Waals surface area (Å²) in [5.74, 6) is -0.230. The Morgan fingerprint density at radius 1 is 1.38 bits per heavy atom. The van der Waals surface area contributed by atoms with Gasteiger partial charge in [0.15, 0.2) is 0 Å². The summed E-state index contributed by atoms with van der Waals surface area (Å²) in [6.07, 6.45) is 1.51. The first-order valence-corrected chi connectivity index (χ1v) is 5.57. The van der Waals surface area contributed by atoms with Crippen LogP contribution in [-0.4, -0.2) is 17.1 Å². The number of thiazole rings is 1. The number of hydrogen-bond donors (Lipinski definition) is 1. The highest BCUT2D eigenvalue weighted by Crippen LogP contribution is 1.98. The second-order valence-corrected chi connectivity index (χ2v) is 3.70. The van der Waals surface area contributed by atoms with Gasteiger partial charge in [0.05, 0.1) is 17.4 Å². The molecule has 1 aromatic carbocycles. The molecule has 4 nitrogen and oxygen atoms in total. The molecule has 16 heavy (non-hydrogen) atoms. The molecule has 0 fully saturated rings. The number of hydrazone groups is 1. The predicted molar refractivity (Wildman–Crippen MR) is 63.6 cm³/mol. The molecule has 1 aromatic heterocycles. The van der Waals surface area contributed by atoms with Crippen molar-refractivity contribution in [1.29, 1.82) is 0 Å². The zero-order valence-corrected chi connectivity index (χ0v) is 9.15. The third-order valence-electron chi connectivity index (χ3n) is 1.85. The fourth-order valence-electron chi connectivity index (χ4n) is 1.10. The predicted octanol–water partition coefficient (Wildman–Crippen LogP) is 1.91. The molecule has 0 aliphatic rings. The van der Waals surface area contributed by atoms with Crippen LogP contribution >= 0.6 is 11.3 Å². The van der Waals surface area contributed by atoms with Crippen LogP contribution in [0.1, 0.15) is 16.1 Å². The molecule has 0 unspecified atom stereocenters. The van der Waals surface area contributed by atoms with Crippen molar-refractivity contribution in [2.24, 2.45) is 5.10 Å². The van der Waals surface area contributed by atoms with Crippen LogP contribution in [0, 0.1) is 0 Å². The maximum Gasteiger partial charge on any atom is 0.271 e. The molecule has 2 aromatic rings. The average molecular weight is 231 g/mol. The highest BCUT2D eigenvalue weighted by atomic mass is 32.1. The van der Waals surface area contributed by atoms with Crippen LogP contribution in [0.5, 0.6) is 0 Å². The van der Waals surface area contributed by atoms with Crippen LogP contribution < -0.4 is 5.43 Å². The Labute approximate surface area is 96.7 Å². The summed E-state index contributed by atoms with van der Waals surface area (Å²) >= 11 is 1.48. The van der Waals surface area contributed by atoms with Crippen molar-refractivity contribution in [2.75, 3.05) is 0 Å². The molecule has 1 heterocycles. The second kappa shape index (κ2) is 5.18. The quantitative estimate of drug-likeness (QED) is 0.648. The van der Waals surface area contributed by atoms with Gasteiger partial charge in [0, 0.05) is 10.9 Å². The van der Waals surface area contributed by atoms with Crippen LogP contribution in [-0.2, 0) is 0 Å². The van der Waals surface area contributed by atoms with E-state index in [1.54, 1.807) is 29.8 Å². The molecular weight excluding hydrogens is 222 g/mol. The Kier molecular flexibility index (Phi) is 3.40. The molecule has 1 amide bonds. The van der Waals surface area contributed by atoms with Gasteiger partial charge in [-0.1, -0.05) is 18.2 Å². The first-order chi connectivity index (χ1) is 7.86. The molecule has 2 rings (SSSR count). The molecule has 0 radical (unpaired) electrons. The largest absolute Gasteiger partial charge is 0.271 e. The van der Waals surface area contributed by atoms with Crippen molar-refractivity contribution in [2.45, 2.75) is 0 Å². The van der Waals surface area contributed by atoms with E-state index < -0.39 is 0 Å². The van der Waals surface area contributed by atoms with Crippen LogP contribution in [0.4, 0.5) is 0 Å². The van der Waals surface area contributed by atoms with Crippen molar-refractivity contribution >= 4 is 23.5 Å². The summed E-state index contributed by atoms with van der Waals surface area (Å²) in [7, 11) is 0. The molecular formula is C11H9N3OS. The average Bonchev–Trinajstić information content (AvgIpc) is 2.83. The fraction of sp³-hybridized carbons (Fsp3) is 0. The number of nitrogens with one attached hydrogen (secondary N) is 1. The van der Waals surface area contributed by atoms with Crippen LogP contribution in [0.25, 0.3) is 0 Å². The molecule has 1 N–H and O–H groups in total. The fourth-order valence-corrected chi connectivity index (χ4v) is 1.60. The highest BCUT2D eigenvalue weighted by molar-refractivity contribution is 7.07. The lowest BCUT2D eigenvalue weighted by molar-refractivity contribution is 0.0955. The van der Waals surface area contributed by atoms with E-state index in [0.29, 0.717) is 5.56 Å². The molecule has 0 saturated heterocycles. The Hall–Kier alpha value is -2.01. The summed E-state index contributed by atoms with van der Waals surface area (Å²) in [5, 5.41) is 5.66. The van der Waals surface area contributed by atoms with E-state index in [2.05, 4.69) is 15.5 Å². The third kappa shape index (κ3) is 2.74. The maximum absolute atomic E-state index is 11.5. The van der Waals surface area contributed by atoms with E-state index in [1.165, 1.54) is 17.6 Å². The number of carbonyl (C=O) groups is 1. The van der Waals surface area contributed by atoms with Crippen LogP contribution in [0.3, 0.4) is 0 Å². The number of nitrogens with zero attached hydrogens (tertiary/aromatic N) is 2. The molecule has 0 spiro atoms. The topological polar surface area (TPSA) is 54.4 Å². The monoisotopic (exact) mass is 231 g/mol. The molecule has 0 aliphatic carbocycles.